The van der Waals surface area contributed by atoms with Crippen molar-refractivity contribution in [2.45, 2.75) is 348 Å². The van der Waals surface area contributed by atoms with E-state index in [9.17, 15) is 0 Å². The summed E-state index contributed by atoms with van der Waals surface area (Å²) >= 11 is 0. The molecule has 0 aliphatic rings. The number of hydrogen-bond donors (Lipinski definition) is 0. The zero-order chi connectivity index (χ0) is 42.9. The van der Waals surface area contributed by atoms with Crippen LogP contribution < -0.4 is 0 Å². The fourth-order valence-corrected chi connectivity index (χ4v) is 9.35. The van der Waals surface area contributed by atoms with Gasteiger partial charge in [0, 0.05) is 19.3 Å². The van der Waals surface area contributed by atoms with Crippen LogP contribution in [0.3, 0.4) is 0 Å². The maximum absolute atomic E-state index is 5.05. The van der Waals surface area contributed by atoms with Gasteiger partial charge in [-0.15, -0.1) is 0 Å². The standard InChI is InChI=1S/C57H111N3/c1-4-7-10-13-16-19-22-25-28-31-34-37-40-43-46-49-52-55-58-56(53-50-47-44-41-38-35-32-29-26-23-20-17-14-11-8-5-2)60-57(59-55)54-51-48-45-42-39-36-33-30-27-24-21-18-15-12-9-6-3/h4-54H2,1-3H3. The van der Waals surface area contributed by atoms with Crippen LogP contribution in [0.5, 0.6) is 0 Å². The summed E-state index contributed by atoms with van der Waals surface area (Å²) in [5.41, 5.74) is 0. The summed E-state index contributed by atoms with van der Waals surface area (Å²) < 4.78 is 0. The van der Waals surface area contributed by atoms with Crippen molar-refractivity contribution in [1.82, 2.24) is 15.0 Å². The van der Waals surface area contributed by atoms with Gasteiger partial charge in [0.1, 0.15) is 17.5 Å². The lowest BCUT2D eigenvalue weighted by Gasteiger charge is -2.08. The number of aryl methyl sites for hydroxylation is 3. The number of nitrogens with zero attached hydrogens (tertiary/aromatic N) is 3. The average molecular weight is 839 g/mol. The van der Waals surface area contributed by atoms with Crippen molar-refractivity contribution in [2.24, 2.45) is 0 Å². The number of hydrogen-bond acceptors (Lipinski definition) is 3. The Hall–Kier alpha value is -0.990. The molecule has 1 rings (SSSR count). The Kier molecular flexibility index (Phi) is 46.6. The second-order valence-electron chi connectivity index (χ2n) is 19.7. The molecule has 1 aromatic rings. The molecule has 0 N–H and O–H groups in total. The van der Waals surface area contributed by atoms with Crippen LogP contribution in [0.2, 0.25) is 0 Å². The lowest BCUT2D eigenvalue weighted by atomic mass is 10.0. The van der Waals surface area contributed by atoms with Crippen LogP contribution in [0, 0.1) is 0 Å². The Morgan fingerprint density at radius 3 is 0.417 bits per heavy atom. The van der Waals surface area contributed by atoms with E-state index >= 15 is 0 Å². The molecule has 0 aliphatic carbocycles. The fourth-order valence-electron chi connectivity index (χ4n) is 9.35. The fraction of sp³-hybridized carbons (Fsp3) is 0.947. The van der Waals surface area contributed by atoms with E-state index in [4.69, 9.17) is 15.0 Å². The molecule has 0 aromatic carbocycles. The lowest BCUT2D eigenvalue weighted by molar-refractivity contribution is 0.525. The molecule has 0 aliphatic heterocycles. The molecule has 0 saturated carbocycles. The Bertz CT molecular complexity index is 814. The molecule has 0 bridgehead atoms. The zero-order valence-electron chi connectivity index (χ0n) is 41.9. The smallest absolute Gasteiger partial charge is 0.132 e. The molecule has 1 heterocycles. The minimum absolute atomic E-state index is 1.04. The third kappa shape index (κ3) is 42.3. The van der Waals surface area contributed by atoms with Crippen molar-refractivity contribution >= 4 is 0 Å². The summed E-state index contributed by atoms with van der Waals surface area (Å²) in [5.74, 6) is 3.27. The molecule has 0 fully saturated rings. The van der Waals surface area contributed by atoms with Crippen molar-refractivity contribution in [3.05, 3.63) is 17.5 Å². The van der Waals surface area contributed by atoms with Crippen molar-refractivity contribution < 1.29 is 0 Å². The summed E-state index contributed by atoms with van der Waals surface area (Å²) in [6.45, 7) is 6.93. The van der Waals surface area contributed by atoms with E-state index in [1.54, 1.807) is 0 Å². The van der Waals surface area contributed by atoms with Gasteiger partial charge in [-0.05, 0) is 19.3 Å². The van der Waals surface area contributed by atoms with Crippen molar-refractivity contribution in [2.75, 3.05) is 0 Å². The second-order valence-corrected chi connectivity index (χ2v) is 19.7. The molecular formula is C57H111N3. The van der Waals surface area contributed by atoms with Crippen LogP contribution in [-0.4, -0.2) is 15.0 Å². The Morgan fingerprint density at radius 1 is 0.167 bits per heavy atom. The first-order valence-electron chi connectivity index (χ1n) is 28.5. The number of unbranched alkanes of at least 4 members (excludes halogenated alkanes) is 45. The van der Waals surface area contributed by atoms with Crippen LogP contribution in [0.1, 0.15) is 346 Å². The monoisotopic (exact) mass is 838 g/mol. The predicted octanol–water partition coefficient (Wildman–Crippen LogP) is 20.3. The summed E-state index contributed by atoms with van der Waals surface area (Å²) in [5, 5.41) is 0. The van der Waals surface area contributed by atoms with Crippen molar-refractivity contribution in [1.29, 1.82) is 0 Å². The Labute approximate surface area is 379 Å². The van der Waals surface area contributed by atoms with Crippen molar-refractivity contribution in [3.63, 3.8) is 0 Å². The molecule has 0 radical (unpaired) electrons. The minimum Gasteiger partial charge on any atom is -0.218 e. The topological polar surface area (TPSA) is 38.7 Å². The average Bonchev–Trinajstić information content (AvgIpc) is 3.26. The molecule has 60 heavy (non-hydrogen) atoms. The van der Waals surface area contributed by atoms with Gasteiger partial charge < -0.3 is 0 Å². The van der Waals surface area contributed by atoms with E-state index in [0.717, 1.165) is 36.7 Å². The molecule has 0 amide bonds. The normalized spacial score (nSPS) is 11.7. The Balaban J connectivity index is 2.26. The van der Waals surface area contributed by atoms with Gasteiger partial charge in [0.2, 0.25) is 0 Å². The lowest BCUT2D eigenvalue weighted by Crippen LogP contribution is -2.08. The predicted molar refractivity (Wildman–Crippen MR) is 270 cm³/mol. The van der Waals surface area contributed by atoms with E-state index in [0.29, 0.717) is 0 Å². The molecule has 354 valence electrons. The first-order chi connectivity index (χ1) is 29.8. The summed E-state index contributed by atoms with van der Waals surface area (Å²) in [4.78, 5) is 15.2. The number of rotatable bonds is 51. The summed E-state index contributed by atoms with van der Waals surface area (Å²) in [7, 11) is 0. The van der Waals surface area contributed by atoms with E-state index < -0.39 is 0 Å². The molecule has 1 aromatic heterocycles. The van der Waals surface area contributed by atoms with E-state index in [2.05, 4.69) is 20.8 Å². The maximum Gasteiger partial charge on any atom is 0.132 e. The highest BCUT2D eigenvalue weighted by Gasteiger charge is 2.08. The van der Waals surface area contributed by atoms with Gasteiger partial charge in [0.15, 0.2) is 0 Å². The highest BCUT2D eigenvalue weighted by atomic mass is 15.0. The number of aromatic nitrogens is 3. The first kappa shape index (κ1) is 57.0. The van der Waals surface area contributed by atoms with Crippen molar-refractivity contribution in [3.8, 4) is 0 Å². The van der Waals surface area contributed by atoms with Crippen LogP contribution in [0.25, 0.3) is 0 Å². The van der Waals surface area contributed by atoms with Gasteiger partial charge in [-0.3, -0.25) is 0 Å². The molecule has 0 atom stereocenters. The molecule has 3 nitrogen and oxygen atoms in total. The molecule has 0 saturated heterocycles. The van der Waals surface area contributed by atoms with Gasteiger partial charge in [-0.2, -0.15) is 0 Å². The van der Waals surface area contributed by atoms with E-state index in [1.165, 1.54) is 308 Å². The third-order valence-corrected chi connectivity index (χ3v) is 13.5. The third-order valence-electron chi connectivity index (χ3n) is 13.5. The highest BCUT2D eigenvalue weighted by Crippen LogP contribution is 2.18. The quantitative estimate of drug-likeness (QED) is 0.0614. The van der Waals surface area contributed by atoms with Crippen LogP contribution in [0.15, 0.2) is 0 Å². The van der Waals surface area contributed by atoms with Crippen LogP contribution >= 0.6 is 0 Å². The molecule has 0 spiro atoms. The second kappa shape index (κ2) is 49.0. The molecule has 0 unspecified atom stereocenters. The SMILES string of the molecule is CCCCCCCCCCCCCCCCCCc1nc(CCCCCCCCCCCCCCCCCC)nc(CCCCCCCCCCCCCCCCCC)n1. The van der Waals surface area contributed by atoms with Crippen LogP contribution in [0.4, 0.5) is 0 Å². The van der Waals surface area contributed by atoms with Gasteiger partial charge in [0.05, 0.1) is 0 Å². The maximum atomic E-state index is 5.05. The van der Waals surface area contributed by atoms with Gasteiger partial charge in [0.25, 0.3) is 0 Å². The minimum atomic E-state index is 1.04. The molecular weight excluding hydrogens is 727 g/mol. The Morgan fingerprint density at radius 2 is 0.283 bits per heavy atom. The zero-order valence-corrected chi connectivity index (χ0v) is 41.9. The summed E-state index contributed by atoms with van der Waals surface area (Å²) in [6, 6.07) is 0. The van der Waals surface area contributed by atoms with Gasteiger partial charge >= 0.3 is 0 Å². The summed E-state index contributed by atoms with van der Waals surface area (Å²) in [6.07, 6.45) is 71.1. The van der Waals surface area contributed by atoms with Gasteiger partial charge in [-0.25, -0.2) is 15.0 Å². The van der Waals surface area contributed by atoms with Gasteiger partial charge in [-0.1, -0.05) is 310 Å². The largest absolute Gasteiger partial charge is 0.218 e. The van der Waals surface area contributed by atoms with E-state index in [1.807, 2.05) is 0 Å². The van der Waals surface area contributed by atoms with Crippen LogP contribution in [-0.2, 0) is 19.3 Å². The molecule has 3 heteroatoms. The first-order valence-corrected chi connectivity index (χ1v) is 28.5. The highest BCUT2D eigenvalue weighted by molar-refractivity contribution is 4.99. The van der Waals surface area contributed by atoms with E-state index in [-0.39, 0.29) is 0 Å².